The number of rotatable bonds is 3. The summed E-state index contributed by atoms with van der Waals surface area (Å²) in [5.74, 6) is -0.0996. The second kappa shape index (κ2) is 5.79. The maximum atomic E-state index is 12.7. The van der Waals surface area contributed by atoms with Gasteiger partial charge in [-0.05, 0) is 26.0 Å². The van der Waals surface area contributed by atoms with Gasteiger partial charge in [0, 0.05) is 13.0 Å². The van der Waals surface area contributed by atoms with Crippen molar-refractivity contribution in [1.82, 2.24) is 4.90 Å². The summed E-state index contributed by atoms with van der Waals surface area (Å²) in [4.78, 5) is 13.1. The van der Waals surface area contributed by atoms with Crippen LogP contribution in [0.1, 0.15) is 18.9 Å². The molecule has 122 valence electrons. The predicted octanol–water partition coefficient (Wildman–Crippen LogP) is 2.29. The molecule has 2 atom stereocenters. The molecule has 0 aromatic heterocycles. The van der Waals surface area contributed by atoms with E-state index in [2.05, 4.69) is 0 Å². The number of alkyl halides is 3. The molecule has 1 N–H and O–H groups in total. The fourth-order valence-electron chi connectivity index (χ4n) is 2.34. The number of nitrogens with zero attached hydrogens (tertiary/aromatic N) is 1. The van der Waals surface area contributed by atoms with E-state index in [1.54, 1.807) is 12.1 Å². The molecule has 1 aliphatic heterocycles. The number of benzene rings is 1. The number of ether oxygens (including phenoxy) is 1. The maximum absolute atomic E-state index is 12.7. The molecule has 1 aliphatic rings. The lowest BCUT2D eigenvalue weighted by molar-refractivity contribution is -0.253. The van der Waals surface area contributed by atoms with E-state index < -0.39 is 36.8 Å². The zero-order valence-electron chi connectivity index (χ0n) is 12.4. The van der Waals surface area contributed by atoms with Crippen molar-refractivity contribution in [3.8, 4) is 5.75 Å². The molecule has 0 bridgehead atoms. The van der Waals surface area contributed by atoms with E-state index in [-0.39, 0.29) is 6.54 Å². The van der Waals surface area contributed by atoms with Crippen molar-refractivity contribution >= 4 is 5.91 Å². The molecule has 0 saturated carbocycles. The highest BCUT2D eigenvalue weighted by Crippen LogP contribution is 2.37. The van der Waals surface area contributed by atoms with Crippen LogP contribution in [0.15, 0.2) is 24.3 Å². The van der Waals surface area contributed by atoms with Crippen molar-refractivity contribution in [3.63, 3.8) is 0 Å². The normalized spacial score (nSPS) is 23.5. The van der Waals surface area contributed by atoms with Gasteiger partial charge in [-0.2, -0.15) is 13.2 Å². The fraction of sp³-hybridized carbons (Fsp3) is 0.533. The fourth-order valence-corrected chi connectivity index (χ4v) is 2.34. The third-order valence-electron chi connectivity index (χ3n) is 3.77. The van der Waals surface area contributed by atoms with Crippen LogP contribution in [0.4, 0.5) is 13.2 Å². The van der Waals surface area contributed by atoms with E-state index in [9.17, 15) is 23.1 Å². The Morgan fingerprint density at radius 3 is 2.45 bits per heavy atom. The molecule has 1 heterocycles. The second-order valence-corrected chi connectivity index (χ2v) is 5.61. The average Bonchev–Trinajstić information content (AvgIpc) is 2.84. The van der Waals surface area contributed by atoms with Gasteiger partial charge in [0.2, 0.25) is 0 Å². The van der Waals surface area contributed by atoms with Crippen LogP contribution in [0.25, 0.3) is 0 Å². The Morgan fingerprint density at radius 2 is 1.95 bits per heavy atom. The Hall–Kier alpha value is -1.76. The van der Waals surface area contributed by atoms with Crippen molar-refractivity contribution < 1.29 is 27.8 Å². The van der Waals surface area contributed by atoms with E-state index in [1.807, 2.05) is 19.1 Å². The number of likely N-dealkylation sites (tertiary alicyclic amines) is 1. The number of carbonyl (C=O) groups is 1. The van der Waals surface area contributed by atoms with Crippen LogP contribution in [-0.4, -0.2) is 46.9 Å². The molecule has 0 spiro atoms. The van der Waals surface area contributed by atoms with Crippen LogP contribution in [0, 0.1) is 6.92 Å². The van der Waals surface area contributed by atoms with Crippen molar-refractivity contribution in [2.45, 2.75) is 38.1 Å². The molecular weight excluding hydrogens is 299 g/mol. The van der Waals surface area contributed by atoms with Gasteiger partial charge in [0.05, 0.1) is 6.54 Å². The van der Waals surface area contributed by atoms with E-state index >= 15 is 0 Å². The van der Waals surface area contributed by atoms with Crippen molar-refractivity contribution in [1.29, 1.82) is 0 Å². The number of aliphatic hydroxyl groups is 1. The highest BCUT2D eigenvalue weighted by atomic mass is 19.4. The van der Waals surface area contributed by atoms with Gasteiger partial charge in [0.25, 0.3) is 5.91 Å². The Labute approximate surface area is 126 Å². The summed E-state index contributed by atoms with van der Waals surface area (Å²) >= 11 is 0. The highest BCUT2D eigenvalue weighted by Gasteiger charge is 2.58. The van der Waals surface area contributed by atoms with E-state index in [0.29, 0.717) is 5.75 Å². The van der Waals surface area contributed by atoms with Crippen LogP contribution in [0.2, 0.25) is 0 Å². The smallest absolute Gasteiger partial charge is 0.419 e. The van der Waals surface area contributed by atoms with E-state index in [4.69, 9.17) is 4.74 Å². The summed E-state index contributed by atoms with van der Waals surface area (Å²) in [5.41, 5.74) is -1.80. The molecule has 0 aliphatic carbocycles. The first-order valence-electron chi connectivity index (χ1n) is 6.94. The van der Waals surface area contributed by atoms with Crippen LogP contribution < -0.4 is 4.74 Å². The van der Waals surface area contributed by atoms with Gasteiger partial charge in [-0.3, -0.25) is 4.79 Å². The predicted molar refractivity (Wildman–Crippen MR) is 73.5 cm³/mol. The molecule has 7 heteroatoms. The van der Waals surface area contributed by atoms with Crippen molar-refractivity contribution in [2.75, 3.05) is 13.1 Å². The van der Waals surface area contributed by atoms with Gasteiger partial charge in [-0.15, -0.1) is 0 Å². The molecule has 4 nitrogen and oxygen atoms in total. The minimum Gasteiger partial charge on any atom is -0.481 e. The summed E-state index contributed by atoms with van der Waals surface area (Å²) in [6.45, 7) is 2.49. The minimum atomic E-state index is -4.75. The molecule has 2 rings (SSSR count). The zero-order valence-corrected chi connectivity index (χ0v) is 12.4. The molecule has 1 aromatic rings. The molecule has 0 unspecified atom stereocenters. The SMILES string of the molecule is Cc1ccc(O[C@H](C)C(=O)N2CC[C@@](O)(C(F)(F)F)C2)cc1. The maximum Gasteiger partial charge on any atom is 0.419 e. The Kier molecular flexibility index (Phi) is 4.37. The molecule has 1 saturated heterocycles. The monoisotopic (exact) mass is 317 g/mol. The van der Waals surface area contributed by atoms with Crippen molar-refractivity contribution in [3.05, 3.63) is 29.8 Å². The number of β-amino-alcohol motifs (C(OH)–C–C–N with tert-alkyl or cyclic N) is 1. The van der Waals surface area contributed by atoms with E-state index in [1.165, 1.54) is 6.92 Å². The number of aryl methyl sites for hydroxylation is 1. The van der Waals surface area contributed by atoms with Gasteiger partial charge in [-0.25, -0.2) is 0 Å². The summed E-state index contributed by atoms with van der Waals surface area (Å²) in [6.07, 6.45) is -6.18. The largest absolute Gasteiger partial charge is 0.481 e. The number of halogens is 3. The van der Waals surface area contributed by atoms with Gasteiger partial charge in [0.15, 0.2) is 11.7 Å². The molecule has 1 fully saturated rings. The summed E-state index contributed by atoms with van der Waals surface area (Å²) in [6, 6.07) is 7.00. The number of carbonyl (C=O) groups excluding carboxylic acids is 1. The summed E-state index contributed by atoms with van der Waals surface area (Å²) in [5, 5.41) is 9.59. The lowest BCUT2D eigenvalue weighted by atomic mass is 10.0. The third-order valence-corrected chi connectivity index (χ3v) is 3.77. The highest BCUT2D eigenvalue weighted by molar-refractivity contribution is 5.81. The van der Waals surface area contributed by atoms with Crippen molar-refractivity contribution in [2.24, 2.45) is 0 Å². The number of hydrogen-bond acceptors (Lipinski definition) is 3. The van der Waals surface area contributed by atoms with Gasteiger partial charge in [-0.1, -0.05) is 17.7 Å². The van der Waals surface area contributed by atoms with E-state index in [0.717, 1.165) is 10.5 Å². The second-order valence-electron chi connectivity index (χ2n) is 5.61. The lowest BCUT2D eigenvalue weighted by Crippen LogP contribution is -2.49. The first kappa shape index (κ1) is 16.6. The molecule has 1 aromatic carbocycles. The van der Waals surface area contributed by atoms with Crippen LogP contribution >= 0.6 is 0 Å². The number of amides is 1. The third kappa shape index (κ3) is 3.35. The molecular formula is C15H18F3NO3. The Morgan fingerprint density at radius 1 is 1.36 bits per heavy atom. The first-order valence-corrected chi connectivity index (χ1v) is 6.94. The summed E-state index contributed by atoms with van der Waals surface area (Å²) in [7, 11) is 0. The standard InChI is InChI=1S/C15H18F3NO3/c1-10-3-5-12(6-4-10)22-11(2)13(20)19-8-7-14(21,9-19)15(16,17)18/h3-6,11,21H,7-9H2,1-2H3/t11-,14+/m1/s1. The molecule has 0 radical (unpaired) electrons. The van der Waals surface area contributed by atoms with Gasteiger partial charge < -0.3 is 14.7 Å². The van der Waals surface area contributed by atoms with Crippen LogP contribution in [0.3, 0.4) is 0 Å². The van der Waals surface area contributed by atoms with Gasteiger partial charge in [0.1, 0.15) is 5.75 Å². The lowest BCUT2D eigenvalue weighted by Gasteiger charge is -2.27. The topological polar surface area (TPSA) is 49.8 Å². The molecule has 22 heavy (non-hydrogen) atoms. The number of hydrogen-bond donors (Lipinski definition) is 1. The minimum absolute atomic E-state index is 0.142. The Bertz CT molecular complexity index is 544. The quantitative estimate of drug-likeness (QED) is 0.930. The zero-order chi connectivity index (χ0) is 16.5. The molecule has 1 amide bonds. The van der Waals surface area contributed by atoms with Crippen LogP contribution in [-0.2, 0) is 4.79 Å². The Balaban J connectivity index is 1.99. The van der Waals surface area contributed by atoms with Gasteiger partial charge >= 0.3 is 6.18 Å². The first-order chi connectivity index (χ1) is 10.1. The average molecular weight is 317 g/mol. The van der Waals surface area contributed by atoms with Crippen LogP contribution in [0.5, 0.6) is 5.75 Å². The summed E-state index contributed by atoms with van der Waals surface area (Å²) < 4.78 is 43.7.